The Labute approximate surface area is 117 Å². The largest absolute Gasteiger partial charge is 0.383 e. The Bertz CT molecular complexity index is 421. The van der Waals surface area contributed by atoms with Crippen LogP contribution in [0.4, 0.5) is 11.6 Å². The van der Waals surface area contributed by atoms with Crippen molar-refractivity contribution in [3.63, 3.8) is 0 Å². The molecule has 0 saturated carbocycles. The van der Waals surface area contributed by atoms with Crippen molar-refractivity contribution in [3.05, 3.63) is 11.4 Å². The van der Waals surface area contributed by atoms with E-state index in [1.54, 1.807) is 0 Å². The molecule has 0 aliphatic heterocycles. The molecule has 1 rings (SSSR count). The second kappa shape index (κ2) is 6.22. The van der Waals surface area contributed by atoms with Crippen LogP contribution in [-0.4, -0.2) is 23.6 Å². The Balaban J connectivity index is 3.02. The zero-order valence-electron chi connectivity index (χ0n) is 13.2. The summed E-state index contributed by atoms with van der Waals surface area (Å²) >= 11 is 0. The highest BCUT2D eigenvalue weighted by Gasteiger charge is 2.21. The maximum atomic E-state index is 6.03. The van der Waals surface area contributed by atoms with E-state index in [2.05, 4.69) is 44.6 Å². The summed E-state index contributed by atoms with van der Waals surface area (Å²) in [5.41, 5.74) is 6.93. The van der Waals surface area contributed by atoms with Crippen molar-refractivity contribution in [2.45, 2.75) is 59.3 Å². The molecule has 0 aromatic carbocycles. The molecule has 0 amide bonds. The van der Waals surface area contributed by atoms with E-state index in [1.165, 1.54) is 19.3 Å². The Hall–Kier alpha value is -1.32. The third-order valence-corrected chi connectivity index (χ3v) is 3.29. The van der Waals surface area contributed by atoms with E-state index in [0.29, 0.717) is 5.82 Å². The van der Waals surface area contributed by atoms with Gasteiger partial charge in [0.05, 0.1) is 0 Å². The van der Waals surface area contributed by atoms with E-state index in [0.717, 1.165) is 23.8 Å². The summed E-state index contributed by atoms with van der Waals surface area (Å²) in [7, 11) is 2.08. The van der Waals surface area contributed by atoms with Crippen LogP contribution in [0.15, 0.2) is 0 Å². The van der Waals surface area contributed by atoms with Crippen LogP contribution in [0.2, 0.25) is 0 Å². The second-order valence-electron chi connectivity index (χ2n) is 6.26. The first-order chi connectivity index (χ1) is 8.77. The van der Waals surface area contributed by atoms with Crippen LogP contribution >= 0.6 is 0 Å². The van der Waals surface area contributed by atoms with Crippen LogP contribution in [0.5, 0.6) is 0 Å². The average Bonchev–Trinajstić information content (AvgIpc) is 2.31. The second-order valence-corrected chi connectivity index (χ2v) is 6.26. The van der Waals surface area contributed by atoms with Gasteiger partial charge in [-0.1, -0.05) is 40.5 Å². The number of hydrogen-bond acceptors (Lipinski definition) is 4. The maximum absolute atomic E-state index is 6.03. The summed E-state index contributed by atoms with van der Waals surface area (Å²) in [6.45, 7) is 11.5. The number of nitrogen functional groups attached to an aromatic ring is 1. The molecule has 0 unspecified atom stereocenters. The highest BCUT2D eigenvalue weighted by Crippen LogP contribution is 2.26. The highest BCUT2D eigenvalue weighted by atomic mass is 15.2. The molecule has 1 aromatic rings. The first-order valence-corrected chi connectivity index (χ1v) is 7.13. The lowest BCUT2D eigenvalue weighted by Crippen LogP contribution is -2.25. The lowest BCUT2D eigenvalue weighted by Gasteiger charge is -2.24. The molecule has 0 atom stereocenters. The van der Waals surface area contributed by atoms with Crippen LogP contribution < -0.4 is 10.6 Å². The number of unbranched alkanes of at least 4 members (excludes halogenated alkanes) is 2. The van der Waals surface area contributed by atoms with Crippen LogP contribution in [0.1, 0.15) is 58.3 Å². The predicted octanol–water partition coefficient (Wildman–Crippen LogP) is 3.29. The molecule has 0 aliphatic carbocycles. The van der Waals surface area contributed by atoms with Gasteiger partial charge < -0.3 is 10.6 Å². The number of anilines is 2. The van der Waals surface area contributed by atoms with Gasteiger partial charge in [0.25, 0.3) is 0 Å². The molecule has 0 spiro atoms. The van der Waals surface area contributed by atoms with Gasteiger partial charge in [0.2, 0.25) is 0 Å². The standard InChI is InChI=1S/C15H28N4/c1-7-8-9-10-19(6)13-11(2)12(16)17-14(18-13)15(3,4)5/h7-10H2,1-6H3,(H2,16,17,18). The van der Waals surface area contributed by atoms with E-state index < -0.39 is 0 Å². The smallest absolute Gasteiger partial charge is 0.138 e. The molecule has 2 N–H and O–H groups in total. The molecule has 19 heavy (non-hydrogen) atoms. The van der Waals surface area contributed by atoms with E-state index in [1.807, 2.05) is 6.92 Å². The Morgan fingerprint density at radius 3 is 2.32 bits per heavy atom. The number of nitrogens with two attached hydrogens (primary N) is 1. The number of rotatable bonds is 5. The van der Waals surface area contributed by atoms with Crippen molar-refractivity contribution in [1.29, 1.82) is 0 Å². The van der Waals surface area contributed by atoms with Crippen molar-refractivity contribution >= 4 is 11.6 Å². The fraction of sp³-hybridized carbons (Fsp3) is 0.733. The zero-order valence-corrected chi connectivity index (χ0v) is 13.2. The molecule has 4 nitrogen and oxygen atoms in total. The van der Waals surface area contributed by atoms with Crippen molar-refractivity contribution in [2.75, 3.05) is 24.2 Å². The minimum absolute atomic E-state index is 0.0825. The minimum Gasteiger partial charge on any atom is -0.383 e. The number of nitrogens with zero attached hydrogens (tertiary/aromatic N) is 3. The third kappa shape index (κ3) is 4.08. The summed E-state index contributed by atoms with van der Waals surface area (Å²) < 4.78 is 0. The Morgan fingerprint density at radius 1 is 1.16 bits per heavy atom. The van der Waals surface area contributed by atoms with Crippen LogP contribution in [0.25, 0.3) is 0 Å². The van der Waals surface area contributed by atoms with Gasteiger partial charge in [-0.2, -0.15) is 0 Å². The van der Waals surface area contributed by atoms with Gasteiger partial charge in [0, 0.05) is 24.6 Å². The van der Waals surface area contributed by atoms with Gasteiger partial charge >= 0.3 is 0 Å². The molecular formula is C15H28N4. The maximum Gasteiger partial charge on any atom is 0.138 e. The van der Waals surface area contributed by atoms with Crippen molar-refractivity contribution < 1.29 is 0 Å². The van der Waals surface area contributed by atoms with Crippen LogP contribution in [0.3, 0.4) is 0 Å². The normalized spacial score (nSPS) is 11.7. The van der Waals surface area contributed by atoms with Gasteiger partial charge in [-0.15, -0.1) is 0 Å². The van der Waals surface area contributed by atoms with Gasteiger partial charge in [-0.25, -0.2) is 9.97 Å². The molecule has 0 radical (unpaired) electrons. The fourth-order valence-corrected chi connectivity index (χ4v) is 1.93. The van der Waals surface area contributed by atoms with E-state index >= 15 is 0 Å². The molecular weight excluding hydrogens is 236 g/mol. The number of aromatic nitrogens is 2. The van der Waals surface area contributed by atoms with Crippen molar-refractivity contribution in [2.24, 2.45) is 0 Å². The molecule has 0 saturated heterocycles. The SMILES string of the molecule is CCCCCN(C)c1nc(C(C)(C)C)nc(N)c1C. The lowest BCUT2D eigenvalue weighted by atomic mass is 9.95. The first-order valence-electron chi connectivity index (χ1n) is 7.13. The highest BCUT2D eigenvalue weighted by molar-refractivity contribution is 5.56. The fourth-order valence-electron chi connectivity index (χ4n) is 1.93. The Morgan fingerprint density at radius 2 is 1.79 bits per heavy atom. The summed E-state index contributed by atoms with van der Waals surface area (Å²) in [6.07, 6.45) is 3.66. The van der Waals surface area contributed by atoms with E-state index in [-0.39, 0.29) is 5.41 Å². The van der Waals surface area contributed by atoms with Crippen LogP contribution in [0, 0.1) is 6.92 Å². The zero-order chi connectivity index (χ0) is 14.6. The Kier molecular flexibility index (Phi) is 5.15. The predicted molar refractivity (Wildman–Crippen MR) is 82.7 cm³/mol. The quantitative estimate of drug-likeness (QED) is 0.829. The summed E-state index contributed by atoms with van der Waals surface area (Å²) in [5.74, 6) is 2.37. The van der Waals surface area contributed by atoms with Gasteiger partial charge in [0.1, 0.15) is 17.5 Å². The molecule has 0 fully saturated rings. The summed E-state index contributed by atoms with van der Waals surface area (Å²) in [6, 6.07) is 0. The summed E-state index contributed by atoms with van der Waals surface area (Å²) in [4.78, 5) is 11.3. The average molecular weight is 264 g/mol. The van der Waals surface area contributed by atoms with Gasteiger partial charge in [-0.3, -0.25) is 0 Å². The topological polar surface area (TPSA) is 55.0 Å². The monoisotopic (exact) mass is 264 g/mol. The number of hydrogen-bond donors (Lipinski definition) is 1. The third-order valence-electron chi connectivity index (χ3n) is 3.29. The first kappa shape index (κ1) is 15.7. The molecule has 1 heterocycles. The molecule has 108 valence electrons. The van der Waals surface area contributed by atoms with E-state index in [4.69, 9.17) is 10.7 Å². The van der Waals surface area contributed by atoms with Gasteiger partial charge in [-0.05, 0) is 13.3 Å². The minimum atomic E-state index is -0.0825. The lowest BCUT2D eigenvalue weighted by molar-refractivity contribution is 0.544. The molecule has 4 heteroatoms. The van der Waals surface area contributed by atoms with Gasteiger partial charge in [0.15, 0.2) is 0 Å². The van der Waals surface area contributed by atoms with Crippen LogP contribution in [-0.2, 0) is 5.41 Å². The molecule has 0 aliphatic rings. The summed E-state index contributed by atoms with van der Waals surface area (Å²) in [5, 5.41) is 0. The molecule has 0 bridgehead atoms. The van der Waals surface area contributed by atoms with E-state index in [9.17, 15) is 0 Å². The van der Waals surface area contributed by atoms with Crippen molar-refractivity contribution in [1.82, 2.24) is 9.97 Å². The van der Waals surface area contributed by atoms with Crippen molar-refractivity contribution in [3.8, 4) is 0 Å². The molecule has 1 aromatic heterocycles.